The van der Waals surface area contributed by atoms with Crippen molar-refractivity contribution < 1.29 is 13.2 Å². The standard InChI is InChI=1S/C26H28ClN7O3S/c1-16-12-17(31-38(36,37)23-7-5-4-6-22(23)27)8-9-19(16)20-13-29-25-21(14-30-34(25)24(20)28)26(35)33-11-10-18(15-33)32(2)3/h4-9,12-14,18,31H,10-11,15,28H2,1-3H3. The van der Waals surface area contributed by atoms with E-state index < -0.39 is 10.0 Å². The Kier molecular flexibility index (Phi) is 6.76. The average Bonchev–Trinajstić information content (AvgIpc) is 3.53. The van der Waals surface area contributed by atoms with Gasteiger partial charge in [-0.25, -0.2) is 13.4 Å². The van der Waals surface area contributed by atoms with Crippen LogP contribution >= 0.6 is 11.6 Å². The van der Waals surface area contributed by atoms with Crippen molar-refractivity contribution in [3.63, 3.8) is 0 Å². The summed E-state index contributed by atoms with van der Waals surface area (Å²) in [6, 6.07) is 11.7. The second kappa shape index (κ2) is 9.90. The predicted octanol–water partition coefficient (Wildman–Crippen LogP) is 3.52. The number of fused-ring (bicyclic) bond motifs is 1. The molecule has 1 unspecified atom stereocenters. The van der Waals surface area contributed by atoms with Crippen molar-refractivity contribution in [1.29, 1.82) is 0 Å². The van der Waals surface area contributed by atoms with Gasteiger partial charge in [0.2, 0.25) is 0 Å². The third-order valence-corrected chi connectivity index (χ3v) is 8.75. The number of carbonyl (C=O) groups excluding carboxylic acids is 1. The molecule has 0 saturated carbocycles. The number of sulfonamides is 1. The number of benzene rings is 2. The first-order valence-electron chi connectivity index (χ1n) is 12.0. The molecule has 1 aliphatic rings. The van der Waals surface area contributed by atoms with Gasteiger partial charge in [-0.05, 0) is 62.8 Å². The Morgan fingerprint density at radius 3 is 2.61 bits per heavy atom. The van der Waals surface area contributed by atoms with Crippen LogP contribution < -0.4 is 10.5 Å². The molecule has 0 aliphatic carbocycles. The fraction of sp³-hybridized carbons (Fsp3) is 0.269. The highest BCUT2D eigenvalue weighted by Crippen LogP contribution is 2.32. The summed E-state index contributed by atoms with van der Waals surface area (Å²) in [7, 11) is 0.160. The number of nitrogen functional groups attached to an aromatic ring is 1. The number of aromatic nitrogens is 3. The van der Waals surface area contributed by atoms with E-state index in [4.69, 9.17) is 17.3 Å². The minimum atomic E-state index is -3.87. The van der Waals surface area contributed by atoms with Crippen LogP contribution in [0.1, 0.15) is 22.3 Å². The van der Waals surface area contributed by atoms with Gasteiger partial charge in [-0.15, -0.1) is 0 Å². The van der Waals surface area contributed by atoms with Gasteiger partial charge in [-0.3, -0.25) is 9.52 Å². The maximum Gasteiger partial charge on any atom is 0.263 e. The number of rotatable bonds is 6. The Labute approximate surface area is 226 Å². The molecule has 38 heavy (non-hydrogen) atoms. The predicted molar refractivity (Wildman–Crippen MR) is 148 cm³/mol. The lowest BCUT2D eigenvalue weighted by molar-refractivity contribution is 0.0784. The van der Waals surface area contributed by atoms with Crippen LogP contribution in [-0.4, -0.2) is 71.9 Å². The van der Waals surface area contributed by atoms with Crippen molar-refractivity contribution >= 4 is 44.7 Å². The van der Waals surface area contributed by atoms with Gasteiger partial charge < -0.3 is 15.5 Å². The molecule has 0 spiro atoms. The molecule has 1 aliphatic heterocycles. The molecular weight excluding hydrogens is 526 g/mol. The van der Waals surface area contributed by atoms with Gasteiger partial charge in [0.05, 0.1) is 11.2 Å². The molecule has 3 heterocycles. The molecule has 10 nitrogen and oxygen atoms in total. The van der Waals surface area contributed by atoms with E-state index in [-0.39, 0.29) is 15.8 Å². The number of halogens is 1. The third kappa shape index (κ3) is 4.68. The summed E-state index contributed by atoms with van der Waals surface area (Å²) >= 11 is 6.08. The Morgan fingerprint density at radius 2 is 1.92 bits per heavy atom. The van der Waals surface area contributed by atoms with Crippen molar-refractivity contribution in [3.8, 4) is 11.1 Å². The molecule has 2 aromatic heterocycles. The molecule has 5 rings (SSSR count). The molecule has 3 N–H and O–H groups in total. The number of likely N-dealkylation sites (N-methyl/N-ethyl adjacent to an activating group) is 1. The zero-order chi connectivity index (χ0) is 27.2. The normalized spacial score (nSPS) is 15.9. The molecule has 1 amide bonds. The van der Waals surface area contributed by atoms with Crippen molar-refractivity contribution in [2.75, 3.05) is 37.6 Å². The Hall–Kier alpha value is -3.67. The van der Waals surface area contributed by atoms with Gasteiger partial charge in [0.25, 0.3) is 15.9 Å². The summed E-state index contributed by atoms with van der Waals surface area (Å²) in [6.07, 6.45) is 4.04. The summed E-state index contributed by atoms with van der Waals surface area (Å²) in [4.78, 5) is 21.7. The minimum Gasteiger partial charge on any atom is -0.383 e. The van der Waals surface area contributed by atoms with Gasteiger partial charge >= 0.3 is 0 Å². The topological polar surface area (TPSA) is 126 Å². The fourth-order valence-corrected chi connectivity index (χ4v) is 6.30. The number of nitrogens with one attached hydrogen (secondary N) is 1. The van der Waals surface area contributed by atoms with Crippen molar-refractivity contribution in [1.82, 2.24) is 24.4 Å². The number of nitrogens with two attached hydrogens (primary N) is 1. The first-order chi connectivity index (χ1) is 18.1. The van der Waals surface area contributed by atoms with Gasteiger partial charge in [-0.2, -0.15) is 9.61 Å². The molecule has 0 radical (unpaired) electrons. The van der Waals surface area contributed by atoms with Crippen LogP contribution in [0.3, 0.4) is 0 Å². The lowest BCUT2D eigenvalue weighted by Crippen LogP contribution is -2.34. The van der Waals surface area contributed by atoms with Gasteiger partial charge in [0.1, 0.15) is 16.3 Å². The van der Waals surface area contributed by atoms with Gasteiger partial charge in [-0.1, -0.05) is 29.8 Å². The quantitative estimate of drug-likeness (QED) is 0.374. The van der Waals surface area contributed by atoms with E-state index in [2.05, 4.69) is 19.7 Å². The molecule has 2 aromatic carbocycles. The molecule has 1 atom stereocenters. The zero-order valence-corrected chi connectivity index (χ0v) is 22.8. The number of hydrogen-bond donors (Lipinski definition) is 2. The maximum absolute atomic E-state index is 13.2. The van der Waals surface area contributed by atoms with Crippen molar-refractivity contribution in [3.05, 3.63) is 71.0 Å². The van der Waals surface area contributed by atoms with Gasteiger partial charge in [0.15, 0.2) is 5.65 Å². The van der Waals surface area contributed by atoms with E-state index in [1.165, 1.54) is 22.8 Å². The van der Waals surface area contributed by atoms with Crippen molar-refractivity contribution in [2.24, 2.45) is 0 Å². The van der Waals surface area contributed by atoms with Crippen LogP contribution in [0.4, 0.5) is 11.5 Å². The molecule has 1 saturated heterocycles. The lowest BCUT2D eigenvalue weighted by Gasteiger charge is -2.20. The molecule has 4 aromatic rings. The van der Waals surface area contributed by atoms with E-state index in [9.17, 15) is 13.2 Å². The van der Waals surface area contributed by atoms with Crippen LogP contribution in [0, 0.1) is 6.92 Å². The van der Waals surface area contributed by atoms with E-state index in [0.717, 1.165) is 17.5 Å². The molecule has 0 bridgehead atoms. The monoisotopic (exact) mass is 553 g/mol. The van der Waals surface area contributed by atoms with Crippen LogP contribution in [0.15, 0.2) is 59.8 Å². The number of likely N-dealkylation sites (tertiary alicyclic amines) is 1. The van der Waals surface area contributed by atoms with E-state index in [1.54, 1.807) is 36.5 Å². The average molecular weight is 554 g/mol. The molecule has 198 valence electrons. The Bertz CT molecular complexity index is 1650. The van der Waals surface area contributed by atoms with Crippen LogP contribution in [0.2, 0.25) is 5.02 Å². The Morgan fingerprint density at radius 1 is 1.16 bits per heavy atom. The highest BCUT2D eigenvalue weighted by atomic mass is 35.5. The van der Waals surface area contributed by atoms with Crippen molar-refractivity contribution in [2.45, 2.75) is 24.3 Å². The molecule has 12 heteroatoms. The smallest absolute Gasteiger partial charge is 0.263 e. The van der Waals surface area contributed by atoms with Gasteiger partial charge in [0, 0.05) is 36.6 Å². The number of anilines is 2. The van der Waals surface area contributed by atoms with E-state index >= 15 is 0 Å². The summed E-state index contributed by atoms with van der Waals surface area (Å²) in [6.45, 7) is 3.18. The SMILES string of the molecule is Cc1cc(NS(=O)(=O)c2ccccc2Cl)ccc1-c1cnc2c(C(=O)N3CCC(N(C)C)C3)cnn2c1N. The molecule has 1 fully saturated rings. The second-order valence-corrected chi connectivity index (χ2v) is 11.6. The zero-order valence-electron chi connectivity index (χ0n) is 21.2. The first kappa shape index (κ1) is 26.0. The van der Waals surface area contributed by atoms with Crippen LogP contribution in [0.25, 0.3) is 16.8 Å². The summed E-state index contributed by atoms with van der Waals surface area (Å²) < 4.78 is 29.7. The summed E-state index contributed by atoms with van der Waals surface area (Å²) in [5.41, 5.74) is 9.81. The number of carbonyl (C=O) groups is 1. The lowest BCUT2D eigenvalue weighted by atomic mass is 10.0. The van der Waals surface area contributed by atoms with E-state index in [1.807, 2.05) is 25.9 Å². The highest BCUT2D eigenvalue weighted by molar-refractivity contribution is 7.92. The first-order valence-corrected chi connectivity index (χ1v) is 13.9. The largest absolute Gasteiger partial charge is 0.383 e. The summed E-state index contributed by atoms with van der Waals surface area (Å²) in [5, 5.41) is 4.49. The second-order valence-electron chi connectivity index (χ2n) is 9.57. The van der Waals surface area contributed by atoms with Crippen LogP contribution in [0.5, 0.6) is 0 Å². The summed E-state index contributed by atoms with van der Waals surface area (Å²) in [5.74, 6) is 0.212. The highest BCUT2D eigenvalue weighted by Gasteiger charge is 2.30. The van der Waals surface area contributed by atoms with Crippen LogP contribution in [-0.2, 0) is 10.0 Å². The maximum atomic E-state index is 13.2. The number of amides is 1. The molecular formula is C26H28ClN7O3S. The number of hydrogen-bond acceptors (Lipinski definition) is 7. The van der Waals surface area contributed by atoms with E-state index in [0.29, 0.717) is 47.4 Å². The Balaban J connectivity index is 1.42. The minimum absolute atomic E-state index is 0.00232. The number of nitrogens with zero attached hydrogens (tertiary/aromatic N) is 5. The fourth-order valence-electron chi connectivity index (χ4n) is 4.73. The third-order valence-electron chi connectivity index (χ3n) is 6.87. The number of aryl methyl sites for hydroxylation is 1.